The van der Waals surface area contributed by atoms with E-state index in [1.165, 1.54) is 70.6 Å². The standard InChI is InChI=1S/C14H30O4.C8H18.H2O/c1-2-3-4-5-6-7-9-16-11-13-18-14-12-17-10-8-15;1-3-5-7-8-6-4-2;/h15H,2-14H2,1H3;3-8H2,1-2H3;1H2. The Balaban J connectivity index is -0.000000542. The summed E-state index contributed by atoms with van der Waals surface area (Å²) in [5.41, 5.74) is 0. The smallest absolute Gasteiger partial charge is 0.0701 e. The molecule has 5 heteroatoms. The Hall–Kier alpha value is -0.200. The molecule has 0 amide bonds. The van der Waals surface area contributed by atoms with Crippen molar-refractivity contribution in [2.45, 2.75) is 97.8 Å². The molecule has 0 spiro atoms. The molecular weight excluding hydrogens is 344 g/mol. The first kappa shape index (κ1) is 31.5. The predicted octanol–water partition coefficient (Wildman–Crippen LogP) is 4.93. The molecule has 0 aliphatic heterocycles. The third kappa shape index (κ3) is 37.3. The third-order valence-electron chi connectivity index (χ3n) is 4.08. The molecule has 0 atom stereocenters. The highest BCUT2D eigenvalue weighted by atomic mass is 16.5. The minimum atomic E-state index is 0. The number of hydrogen-bond donors (Lipinski definition) is 1. The maximum Gasteiger partial charge on any atom is 0.0701 e. The van der Waals surface area contributed by atoms with E-state index in [1.54, 1.807) is 0 Å². The van der Waals surface area contributed by atoms with Gasteiger partial charge in [-0.2, -0.15) is 0 Å². The van der Waals surface area contributed by atoms with Crippen LogP contribution in [0.25, 0.3) is 0 Å². The molecular formula is C22H50O5. The predicted molar refractivity (Wildman–Crippen MR) is 116 cm³/mol. The molecule has 0 aromatic rings. The summed E-state index contributed by atoms with van der Waals surface area (Å²) in [5, 5.41) is 8.47. The van der Waals surface area contributed by atoms with Crippen LogP contribution in [0, 0.1) is 0 Å². The van der Waals surface area contributed by atoms with Gasteiger partial charge in [0.2, 0.25) is 0 Å². The van der Waals surface area contributed by atoms with Gasteiger partial charge in [0.1, 0.15) is 0 Å². The van der Waals surface area contributed by atoms with Crippen molar-refractivity contribution in [3.63, 3.8) is 0 Å². The molecule has 0 aliphatic rings. The molecule has 5 nitrogen and oxygen atoms in total. The maximum atomic E-state index is 8.47. The summed E-state index contributed by atoms with van der Waals surface area (Å²) in [4.78, 5) is 0. The minimum absolute atomic E-state index is 0. The first-order chi connectivity index (χ1) is 12.8. The number of hydrogen-bond acceptors (Lipinski definition) is 4. The van der Waals surface area contributed by atoms with Crippen LogP contribution < -0.4 is 0 Å². The van der Waals surface area contributed by atoms with Gasteiger partial charge in [-0.25, -0.2) is 0 Å². The summed E-state index contributed by atoms with van der Waals surface area (Å²) in [6.07, 6.45) is 16.3. The molecule has 0 aromatic heterocycles. The highest BCUT2D eigenvalue weighted by Crippen LogP contribution is 2.05. The van der Waals surface area contributed by atoms with Crippen LogP contribution in [-0.4, -0.2) is 56.8 Å². The van der Waals surface area contributed by atoms with E-state index in [1.807, 2.05) is 0 Å². The lowest BCUT2D eigenvalue weighted by Gasteiger charge is -2.06. The summed E-state index contributed by atoms with van der Waals surface area (Å²) in [6.45, 7) is 10.4. The normalized spacial score (nSPS) is 10.2. The SMILES string of the molecule is CCCCCCCC.CCCCCCCCOCCOCCOCCO.O. The van der Waals surface area contributed by atoms with Gasteiger partial charge in [-0.3, -0.25) is 0 Å². The van der Waals surface area contributed by atoms with Crippen molar-refractivity contribution in [1.29, 1.82) is 0 Å². The number of aliphatic hydroxyl groups excluding tert-OH is 1. The fourth-order valence-corrected chi connectivity index (χ4v) is 2.44. The molecule has 0 radical (unpaired) electrons. The summed E-state index contributed by atoms with van der Waals surface area (Å²) in [7, 11) is 0. The largest absolute Gasteiger partial charge is 0.412 e. The van der Waals surface area contributed by atoms with Crippen LogP contribution in [-0.2, 0) is 14.2 Å². The van der Waals surface area contributed by atoms with E-state index in [4.69, 9.17) is 19.3 Å². The summed E-state index contributed by atoms with van der Waals surface area (Å²) in [5.74, 6) is 0. The van der Waals surface area contributed by atoms with Crippen molar-refractivity contribution < 1.29 is 24.8 Å². The quantitative estimate of drug-likeness (QED) is 0.297. The van der Waals surface area contributed by atoms with E-state index in [-0.39, 0.29) is 12.1 Å². The van der Waals surface area contributed by atoms with Gasteiger partial charge in [0, 0.05) is 6.61 Å². The van der Waals surface area contributed by atoms with Crippen molar-refractivity contribution in [1.82, 2.24) is 0 Å². The van der Waals surface area contributed by atoms with Gasteiger partial charge in [-0.15, -0.1) is 0 Å². The van der Waals surface area contributed by atoms with E-state index in [0.29, 0.717) is 33.0 Å². The molecule has 0 saturated carbocycles. The Morgan fingerprint density at radius 1 is 0.444 bits per heavy atom. The molecule has 0 fully saturated rings. The second kappa shape index (κ2) is 33.4. The van der Waals surface area contributed by atoms with Crippen LogP contribution >= 0.6 is 0 Å². The fourth-order valence-electron chi connectivity index (χ4n) is 2.44. The highest BCUT2D eigenvalue weighted by molar-refractivity contribution is 4.43. The van der Waals surface area contributed by atoms with Crippen LogP contribution in [0.4, 0.5) is 0 Å². The van der Waals surface area contributed by atoms with Gasteiger partial charge in [0.15, 0.2) is 0 Å². The zero-order valence-corrected chi connectivity index (χ0v) is 18.6. The lowest BCUT2D eigenvalue weighted by atomic mass is 10.1. The first-order valence-electron chi connectivity index (χ1n) is 11.2. The van der Waals surface area contributed by atoms with Crippen molar-refractivity contribution in [3.05, 3.63) is 0 Å². The van der Waals surface area contributed by atoms with Crippen LogP contribution in [0.2, 0.25) is 0 Å². The molecule has 0 aromatic carbocycles. The Morgan fingerprint density at radius 2 is 0.778 bits per heavy atom. The Bertz CT molecular complexity index is 193. The van der Waals surface area contributed by atoms with Crippen molar-refractivity contribution in [3.8, 4) is 0 Å². The molecule has 0 aliphatic carbocycles. The summed E-state index contributed by atoms with van der Waals surface area (Å²) in [6, 6.07) is 0. The topological polar surface area (TPSA) is 79.4 Å². The van der Waals surface area contributed by atoms with Gasteiger partial charge in [0.05, 0.1) is 39.6 Å². The van der Waals surface area contributed by atoms with E-state index in [2.05, 4.69) is 20.8 Å². The van der Waals surface area contributed by atoms with Gasteiger partial charge in [0.25, 0.3) is 0 Å². The molecule has 0 bridgehead atoms. The highest BCUT2D eigenvalue weighted by Gasteiger charge is 1.93. The fraction of sp³-hybridized carbons (Fsp3) is 1.00. The molecule has 3 N–H and O–H groups in total. The van der Waals surface area contributed by atoms with Gasteiger partial charge in [-0.1, -0.05) is 91.4 Å². The van der Waals surface area contributed by atoms with Gasteiger partial charge < -0.3 is 24.8 Å². The molecule has 0 unspecified atom stereocenters. The second-order valence-electron chi connectivity index (χ2n) is 6.74. The van der Waals surface area contributed by atoms with E-state index >= 15 is 0 Å². The average molecular weight is 395 g/mol. The molecule has 27 heavy (non-hydrogen) atoms. The van der Waals surface area contributed by atoms with Crippen LogP contribution in [0.15, 0.2) is 0 Å². The Labute approximate surface area is 169 Å². The number of aliphatic hydroxyl groups is 1. The lowest BCUT2D eigenvalue weighted by molar-refractivity contribution is 0.00719. The summed E-state index contributed by atoms with van der Waals surface area (Å²) >= 11 is 0. The van der Waals surface area contributed by atoms with Crippen molar-refractivity contribution in [2.24, 2.45) is 0 Å². The molecule has 0 rings (SSSR count). The number of unbranched alkanes of at least 4 members (excludes halogenated alkanes) is 10. The monoisotopic (exact) mass is 394 g/mol. The van der Waals surface area contributed by atoms with Crippen molar-refractivity contribution in [2.75, 3.05) is 46.2 Å². The van der Waals surface area contributed by atoms with Crippen LogP contribution in [0.5, 0.6) is 0 Å². The Morgan fingerprint density at radius 3 is 1.19 bits per heavy atom. The number of rotatable bonds is 20. The van der Waals surface area contributed by atoms with Crippen molar-refractivity contribution >= 4 is 0 Å². The molecule has 0 heterocycles. The van der Waals surface area contributed by atoms with Gasteiger partial charge >= 0.3 is 0 Å². The molecule has 168 valence electrons. The van der Waals surface area contributed by atoms with Gasteiger partial charge in [-0.05, 0) is 6.42 Å². The lowest BCUT2D eigenvalue weighted by Crippen LogP contribution is -2.11. The van der Waals surface area contributed by atoms with Crippen LogP contribution in [0.1, 0.15) is 97.8 Å². The summed E-state index contributed by atoms with van der Waals surface area (Å²) < 4.78 is 15.8. The Kier molecular flexibility index (Phi) is 38.9. The number of ether oxygens (including phenoxy) is 3. The van der Waals surface area contributed by atoms with E-state index < -0.39 is 0 Å². The zero-order valence-electron chi connectivity index (χ0n) is 18.6. The zero-order chi connectivity index (χ0) is 19.6. The second-order valence-corrected chi connectivity index (χ2v) is 6.74. The molecule has 0 saturated heterocycles. The van der Waals surface area contributed by atoms with Crippen LogP contribution in [0.3, 0.4) is 0 Å². The maximum absolute atomic E-state index is 8.47. The van der Waals surface area contributed by atoms with E-state index in [0.717, 1.165) is 13.0 Å². The van der Waals surface area contributed by atoms with E-state index in [9.17, 15) is 0 Å². The first-order valence-corrected chi connectivity index (χ1v) is 11.2. The average Bonchev–Trinajstić information content (AvgIpc) is 2.66. The minimum Gasteiger partial charge on any atom is -0.412 e. The third-order valence-corrected chi connectivity index (χ3v) is 4.08.